The zero-order chi connectivity index (χ0) is 12.8. The molecule has 0 aliphatic rings. The molecule has 0 spiro atoms. The molecule has 0 radical (unpaired) electrons. The van der Waals surface area contributed by atoms with E-state index in [1.807, 2.05) is 6.20 Å². The molecule has 2 rings (SSSR count). The molecule has 0 saturated heterocycles. The second kappa shape index (κ2) is 6.47. The Kier molecular flexibility index (Phi) is 4.67. The Morgan fingerprint density at radius 2 is 2.06 bits per heavy atom. The summed E-state index contributed by atoms with van der Waals surface area (Å²) in [6.45, 7) is 7.13. The minimum absolute atomic E-state index is 0.450. The Labute approximate surface area is 109 Å². The van der Waals surface area contributed by atoms with E-state index in [-0.39, 0.29) is 0 Å². The van der Waals surface area contributed by atoms with E-state index in [4.69, 9.17) is 0 Å². The topological polar surface area (TPSA) is 37.0 Å². The predicted molar refractivity (Wildman–Crippen MR) is 76.6 cm³/mol. The molecule has 1 aromatic carbocycles. The first-order valence-electron chi connectivity index (χ1n) is 6.58. The molecular weight excluding hydrogens is 222 g/mol. The van der Waals surface area contributed by atoms with Crippen molar-refractivity contribution in [1.29, 1.82) is 0 Å². The van der Waals surface area contributed by atoms with Gasteiger partial charge in [-0.25, -0.2) is 0 Å². The van der Waals surface area contributed by atoms with Crippen molar-refractivity contribution in [2.24, 2.45) is 0 Å². The van der Waals surface area contributed by atoms with Crippen molar-refractivity contribution < 1.29 is 0 Å². The van der Waals surface area contributed by atoms with Crippen LogP contribution in [0.5, 0.6) is 0 Å². The quantitative estimate of drug-likeness (QED) is 0.817. The molecule has 1 heterocycles. The summed E-state index contributed by atoms with van der Waals surface area (Å²) in [6.07, 6.45) is 1.88. The van der Waals surface area contributed by atoms with E-state index in [1.165, 1.54) is 10.8 Å². The largest absolute Gasteiger partial charge is 0.315 e. The first-order chi connectivity index (χ1) is 8.81. The van der Waals surface area contributed by atoms with Crippen LogP contribution in [-0.4, -0.2) is 24.1 Å². The van der Waals surface area contributed by atoms with Crippen molar-refractivity contribution in [2.45, 2.75) is 26.4 Å². The van der Waals surface area contributed by atoms with Crippen LogP contribution in [0.1, 0.15) is 19.5 Å². The van der Waals surface area contributed by atoms with Gasteiger partial charge < -0.3 is 10.6 Å². The molecule has 0 bridgehead atoms. The first kappa shape index (κ1) is 13.0. The smallest absolute Gasteiger partial charge is 0.0619 e. The minimum Gasteiger partial charge on any atom is -0.315 e. The molecule has 1 unspecified atom stereocenters. The summed E-state index contributed by atoms with van der Waals surface area (Å²) in [7, 11) is 0. The highest BCUT2D eigenvalue weighted by molar-refractivity contribution is 5.84. The normalized spacial score (nSPS) is 12.8. The maximum absolute atomic E-state index is 4.48. The van der Waals surface area contributed by atoms with Crippen molar-refractivity contribution in [2.75, 3.05) is 13.1 Å². The Morgan fingerprint density at radius 1 is 1.22 bits per heavy atom. The summed E-state index contributed by atoms with van der Waals surface area (Å²) >= 11 is 0. The van der Waals surface area contributed by atoms with Crippen molar-refractivity contribution in [3.63, 3.8) is 0 Å². The standard InChI is InChI=1S/C15H21N3/c1-3-16-10-12(2)18-11-15-14-7-5-4-6-13(14)8-9-17-15/h4-9,12,16,18H,3,10-11H2,1-2H3. The number of nitrogens with zero attached hydrogens (tertiary/aromatic N) is 1. The number of hydrogen-bond acceptors (Lipinski definition) is 3. The van der Waals surface area contributed by atoms with Crippen LogP contribution < -0.4 is 10.6 Å². The van der Waals surface area contributed by atoms with Crippen LogP contribution in [-0.2, 0) is 6.54 Å². The number of fused-ring (bicyclic) bond motifs is 1. The second-order valence-electron chi connectivity index (χ2n) is 4.57. The summed E-state index contributed by atoms with van der Waals surface area (Å²) in [6, 6.07) is 10.9. The molecule has 1 atom stereocenters. The molecule has 0 aliphatic heterocycles. The first-order valence-corrected chi connectivity index (χ1v) is 6.58. The van der Waals surface area contributed by atoms with Crippen LogP contribution in [0.2, 0.25) is 0 Å². The number of aromatic nitrogens is 1. The molecule has 2 aromatic rings. The van der Waals surface area contributed by atoms with E-state index in [9.17, 15) is 0 Å². The van der Waals surface area contributed by atoms with E-state index in [0.717, 1.165) is 25.3 Å². The second-order valence-corrected chi connectivity index (χ2v) is 4.57. The van der Waals surface area contributed by atoms with Crippen LogP contribution in [0.15, 0.2) is 36.5 Å². The van der Waals surface area contributed by atoms with Crippen LogP contribution >= 0.6 is 0 Å². The number of hydrogen-bond donors (Lipinski definition) is 2. The molecule has 3 nitrogen and oxygen atoms in total. The lowest BCUT2D eigenvalue weighted by Crippen LogP contribution is -2.36. The van der Waals surface area contributed by atoms with Gasteiger partial charge in [-0.15, -0.1) is 0 Å². The Bertz CT molecular complexity index is 491. The molecule has 3 heteroatoms. The van der Waals surface area contributed by atoms with Gasteiger partial charge in [0.1, 0.15) is 0 Å². The summed E-state index contributed by atoms with van der Waals surface area (Å²) in [5.74, 6) is 0. The fourth-order valence-corrected chi connectivity index (χ4v) is 2.03. The molecule has 0 aliphatic carbocycles. The fraction of sp³-hybridized carbons (Fsp3) is 0.400. The number of pyridine rings is 1. The average molecular weight is 243 g/mol. The lowest BCUT2D eigenvalue weighted by atomic mass is 10.1. The summed E-state index contributed by atoms with van der Waals surface area (Å²) in [5.41, 5.74) is 1.12. The van der Waals surface area contributed by atoms with E-state index in [1.54, 1.807) is 0 Å². The van der Waals surface area contributed by atoms with Gasteiger partial charge in [0.2, 0.25) is 0 Å². The molecule has 0 fully saturated rings. The molecule has 18 heavy (non-hydrogen) atoms. The van der Waals surface area contributed by atoms with Gasteiger partial charge in [0, 0.05) is 30.7 Å². The van der Waals surface area contributed by atoms with Crippen molar-refractivity contribution in [3.8, 4) is 0 Å². The van der Waals surface area contributed by atoms with Gasteiger partial charge >= 0.3 is 0 Å². The van der Waals surface area contributed by atoms with E-state index in [2.05, 4.69) is 59.8 Å². The Balaban J connectivity index is 2.03. The van der Waals surface area contributed by atoms with Gasteiger partial charge in [-0.1, -0.05) is 31.2 Å². The van der Waals surface area contributed by atoms with Crippen molar-refractivity contribution >= 4 is 10.8 Å². The molecule has 2 N–H and O–H groups in total. The molecule has 96 valence electrons. The third kappa shape index (κ3) is 3.28. The van der Waals surface area contributed by atoms with E-state index >= 15 is 0 Å². The van der Waals surface area contributed by atoms with Crippen molar-refractivity contribution in [3.05, 3.63) is 42.2 Å². The number of rotatable bonds is 6. The molecule has 0 amide bonds. The average Bonchev–Trinajstić information content (AvgIpc) is 2.42. The molecule has 0 saturated carbocycles. The Hall–Kier alpha value is -1.45. The van der Waals surface area contributed by atoms with E-state index < -0.39 is 0 Å². The Morgan fingerprint density at radius 3 is 2.89 bits per heavy atom. The zero-order valence-electron chi connectivity index (χ0n) is 11.1. The highest BCUT2D eigenvalue weighted by atomic mass is 15.0. The summed E-state index contributed by atoms with van der Waals surface area (Å²) < 4.78 is 0. The lowest BCUT2D eigenvalue weighted by molar-refractivity contribution is 0.506. The number of benzene rings is 1. The van der Waals surface area contributed by atoms with Crippen LogP contribution in [0.4, 0.5) is 0 Å². The van der Waals surface area contributed by atoms with Gasteiger partial charge in [0.05, 0.1) is 5.69 Å². The summed E-state index contributed by atoms with van der Waals surface area (Å²) in [5, 5.41) is 9.33. The predicted octanol–water partition coefficient (Wildman–Crippen LogP) is 2.32. The van der Waals surface area contributed by atoms with Crippen LogP contribution in [0.3, 0.4) is 0 Å². The number of nitrogens with one attached hydrogen (secondary N) is 2. The summed E-state index contributed by atoms with van der Waals surface area (Å²) in [4.78, 5) is 4.48. The highest BCUT2D eigenvalue weighted by Gasteiger charge is 2.04. The minimum atomic E-state index is 0.450. The SMILES string of the molecule is CCNCC(C)NCc1nccc2ccccc12. The van der Waals surface area contributed by atoms with Gasteiger partial charge in [-0.05, 0) is 24.9 Å². The maximum Gasteiger partial charge on any atom is 0.0619 e. The maximum atomic E-state index is 4.48. The van der Waals surface area contributed by atoms with E-state index in [0.29, 0.717) is 6.04 Å². The van der Waals surface area contributed by atoms with Crippen molar-refractivity contribution in [1.82, 2.24) is 15.6 Å². The fourth-order valence-electron chi connectivity index (χ4n) is 2.03. The van der Waals surface area contributed by atoms with Gasteiger partial charge in [0.15, 0.2) is 0 Å². The van der Waals surface area contributed by atoms with Gasteiger partial charge in [-0.3, -0.25) is 4.98 Å². The van der Waals surface area contributed by atoms with Gasteiger partial charge in [-0.2, -0.15) is 0 Å². The monoisotopic (exact) mass is 243 g/mol. The molecule has 1 aromatic heterocycles. The van der Waals surface area contributed by atoms with Crippen LogP contribution in [0.25, 0.3) is 10.8 Å². The third-order valence-electron chi connectivity index (χ3n) is 3.07. The third-order valence-corrected chi connectivity index (χ3v) is 3.07. The molecular formula is C15H21N3. The highest BCUT2D eigenvalue weighted by Crippen LogP contribution is 2.15. The number of likely N-dealkylation sites (N-methyl/N-ethyl adjacent to an activating group) is 1. The lowest BCUT2D eigenvalue weighted by Gasteiger charge is -2.14. The van der Waals surface area contributed by atoms with Crippen LogP contribution in [0, 0.1) is 0 Å². The van der Waals surface area contributed by atoms with Gasteiger partial charge in [0.25, 0.3) is 0 Å². The zero-order valence-corrected chi connectivity index (χ0v) is 11.1.